The molecule has 0 spiro atoms. The van der Waals surface area contributed by atoms with E-state index in [-0.39, 0.29) is 0 Å². The first kappa shape index (κ1) is 16.2. The quantitative estimate of drug-likeness (QED) is 0.554. The Kier molecular flexibility index (Phi) is 4.18. The van der Waals surface area contributed by atoms with Crippen LogP contribution in [0.4, 0.5) is 0 Å². The van der Waals surface area contributed by atoms with Crippen LogP contribution in [0.2, 0.25) is 0 Å². The zero-order valence-corrected chi connectivity index (χ0v) is 15.1. The summed E-state index contributed by atoms with van der Waals surface area (Å²) in [7, 11) is 0. The average molecular weight is 354 g/mol. The second-order valence-electron chi connectivity index (χ2n) is 7.20. The highest BCUT2D eigenvalue weighted by Gasteiger charge is 2.26. The van der Waals surface area contributed by atoms with E-state index in [1.165, 1.54) is 11.1 Å². The van der Waals surface area contributed by atoms with Gasteiger partial charge in [0.1, 0.15) is 5.82 Å². The lowest BCUT2D eigenvalue weighted by Gasteiger charge is -2.29. The zero-order valence-electron chi connectivity index (χ0n) is 15.1. The van der Waals surface area contributed by atoms with Gasteiger partial charge in [0.05, 0.1) is 17.2 Å². The highest BCUT2D eigenvalue weighted by molar-refractivity contribution is 5.91. The first-order valence-corrected chi connectivity index (χ1v) is 9.56. The molecule has 2 aromatic carbocycles. The summed E-state index contributed by atoms with van der Waals surface area (Å²) < 4.78 is 0. The van der Waals surface area contributed by atoms with E-state index in [4.69, 9.17) is 9.97 Å². The van der Waals surface area contributed by atoms with Gasteiger partial charge in [-0.25, -0.2) is 9.97 Å². The van der Waals surface area contributed by atoms with E-state index in [0.717, 1.165) is 41.8 Å². The monoisotopic (exact) mass is 354 g/mol. The lowest BCUT2D eigenvalue weighted by molar-refractivity contribution is 0.360. The summed E-state index contributed by atoms with van der Waals surface area (Å²) >= 11 is 0. The van der Waals surface area contributed by atoms with E-state index in [1.54, 1.807) is 0 Å². The third-order valence-electron chi connectivity index (χ3n) is 5.49. The Labute approximate surface area is 158 Å². The predicted molar refractivity (Wildman–Crippen MR) is 108 cm³/mol. The predicted octanol–water partition coefficient (Wildman–Crippen LogP) is 4.83. The maximum Gasteiger partial charge on any atom is 0.132 e. The van der Waals surface area contributed by atoms with Crippen LogP contribution in [0, 0.1) is 0 Å². The molecule has 0 saturated carbocycles. The smallest absolute Gasteiger partial charge is 0.132 e. The number of nitrogens with one attached hydrogen (secondary N) is 2. The van der Waals surface area contributed by atoms with Crippen LogP contribution in [0.25, 0.3) is 22.2 Å². The van der Waals surface area contributed by atoms with Gasteiger partial charge >= 0.3 is 0 Å². The second-order valence-corrected chi connectivity index (χ2v) is 7.20. The highest BCUT2D eigenvalue weighted by Crippen LogP contribution is 2.34. The average Bonchev–Trinajstić information content (AvgIpc) is 3.18. The van der Waals surface area contributed by atoms with Crippen molar-refractivity contribution >= 4 is 11.0 Å². The van der Waals surface area contributed by atoms with Crippen LogP contribution in [0.1, 0.15) is 36.2 Å². The number of H-pyrrole nitrogens is 1. The van der Waals surface area contributed by atoms with E-state index < -0.39 is 0 Å². The molecule has 2 aromatic heterocycles. The molecule has 5 rings (SSSR count). The highest BCUT2D eigenvalue weighted by atomic mass is 15.0. The molecule has 2 unspecified atom stereocenters. The molecule has 1 fully saturated rings. The van der Waals surface area contributed by atoms with Crippen molar-refractivity contribution in [2.75, 3.05) is 6.54 Å². The van der Waals surface area contributed by atoms with Gasteiger partial charge in [0.15, 0.2) is 0 Å². The first-order valence-electron chi connectivity index (χ1n) is 9.56. The number of nitrogens with zero attached hydrogens (tertiary/aromatic N) is 2. The Hall–Kier alpha value is -2.98. The fourth-order valence-corrected chi connectivity index (χ4v) is 4.05. The van der Waals surface area contributed by atoms with Gasteiger partial charge in [-0.2, -0.15) is 0 Å². The first-order chi connectivity index (χ1) is 13.4. The van der Waals surface area contributed by atoms with Gasteiger partial charge in [-0.1, -0.05) is 60.7 Å². The largest absolute Gasteiger partial charge is 0.358 e. The Balaban J connectivity index is 1.48. The third kappa shape index (κ3) is 3.13. The third-order valence-corrected chi connectivity index (χ3v) is 5.49. The molecule has 4 nitrogen and oxygen atoms in total. The molecular weight excluding hydrogens is 332 g/mol. The maximum absolute atomic E-state index is 4.99. The van der Waals surface area contributed by atoms with Gasteiger partial charge < -0.3 is 10.3 Å². The molecule has 1 aliphatic rings. The van der Waals surface area contributed by atoms with Crippen molar-refractivity contribution in [3.63, 3.8) is 0 Å². The minimum absolute atomic E-state index is 0.365. The van der Waals surface area contributed by atoms with Crippen molar-refractivity contribution < 1.29 is 0 Å². The number of piperidine rings is 1. The van der Waals surface area contributed by atoms with Crippen LogP contribution in [0.3, 0.4) is 0 Å². The van der Waals surface area contributed by atoms with Gasteiger partial charge in [-0.05, 0) is 30.5 Å². The van der Waals surface area contributed by atoms with Crippen LogP contribution >= 0.6 is 0 Å². The molecule has 0 radical (unpaired) electrons. The molecule has 0 amide bonds. The molecule has 1 aliphatic heterocycles. The van der Waals surface area contributed by atoms with Gasteiger partial charge in [0, 0.05) is 23.7 Å². The number of hydrogen-bond donors (Lipinski definition) is 2. The maximum atomic E-state index is 4.99. The minimum Gasteiger partial charge on any atom is -0.358 e. The van der Waals surface area contributed by atoms with Crippen molar-refractivity contribution in [1.82, 2.24) is 20.3 Å². The number of aromatic nitrogens is 3. The molecule has 27 heavy (non-hydrogen) atoms. The standard InChI is InChI=1S/C23H22N4/c1-3-7-16(8-4-1)19-14-25-21-15-26-23(27-22(19)21)18-11-12-24-20(13-18)17-9-5-2-6-10-17/h1-10,14-15,18,20,24-25H,11-13H2. The summed E-state index contributed by atoms with van der Waals surface area (Å²) in [5.74, 6) is 1.33. The van der Waals surface area contributed by atoms with Gasteiger partial charge in [0.2, 0.25) is 0 Å². The summed E-state index contributed by atoms with van der Waals surface area (Å²) in [6.45, 7) is 0.990. The lowest BCUT2D eigenvalue weighted by Crippen LogP contribution is -2.31. The summed E-state index contributed by atoms with van der Waals surface area (Å²) in [5, 5.41) is 3.64. The number of aromatic amines is 1. The summed E-state index contributed by atoms with van der Waals surface area (Å²) in [5.41, 5.74) is 5.67. The van der Waals surface area contributed by atoms with Crippen molar-refractivity contribution in [3.05, 3.63) is 84.4 Å². The Morgan fingerprint density at radius 3 is 2.52 bits per heavy atom. The molecule has 4 heteroatoms. The molecule has 1 saturated heterocycles. The Morgan fingerprint density at radius 2 is 1.70 bits per heavy atom. The summed E-state index contributed by atoms with van der Waals surface area (Å²) in [4.78, 5) is 13.0. The molecule has 4 aromatic rings. The molecule has 134 valence electrons. The van der Waals surface area contributed by atoms with Gasteiger partial charge in [-0.3, -0.25) is 0 Å². The minimum atomic E-state index is 0.365. The zero-order chi connectivity index (χ0) is 18.1. The molecule has 3 heterocycles. The fraction of sp³-hybridized carbons (Fsp3) is 0.217. The molecule has 0 aliphatic carbocycles. The van der Waals surface area contributed by atoms with E-state index >= 15 is 0 Å². The van der Waals surface area contributed by atoms with E-state index in [2.05, 4.69) is 64.9 Å². The van der Waals surface area contributed by atoms with Crippen molar-refractivity contribution in [2.45, 2.75) is 24.8 Å². The number of fused-ring (bicyclic) bond motifs is 1. The van der Waals surface area contributed by atoms with E-state index in [9.17, 15) is 0 Å². The molecule has 2 atom stereocenters. The topological polar surface area (TPSA) is 53.6 Å². The SMILES string of the molecule is c1ccc(-c2c[nH]c3cnc(C4CCNC(c5ccccc5)C4)nc23)cc1. The Morgan fingerprint density at radius 1 is 0.926 bits per heavy atom. The lowest BCUT2D eigenvalue weighted by atomic mass is 9.88. The van der Waals surface area contributed by atoms with Crippen LogP contribution < -0.4 is 5.32 Å². The number of rotatable bonds is 3. The van der Waals surface area contributed by atoms with Crippen LogP contribution in [-0.4, -0.2) is 21.5 Å². The van der Waals surface area contributed by atoms with Crippen LogP contribution in [-0.2, 0) is 0 Å². The Bertz CT molecular complexity index is 1040. The van der Waals surface area contributed by atoms with E-state index in [0.29, 0.717) is 12.0 Å². The van der Waals surface area contributed by atoms with Gasteiger partial charge in [-0.15, -0.1) is 0 Å². The van der Waals surface area contributed by atoms with Gasteiger partial charge in [0.25, 0.3) is 0 Å². The van der Waals surface area contributed by atoms with Crippen molar-refractivity contribution in [1.29, 1.82) is 0 Å². The van der Waals surface area contributed by atoms with Crippen LogP contribution in [0.5, 0.6) is 0 Å². The number of hydrogen-bond acceptors (Lipinski definition) is 3. The summed E-state index contributed by atoms with van der Waals surface area (Å²) in [6.07, 6.45) is 6.07. The van der Waals surface area contributed by atoms with Crippen molar-refractivity contribution in [3.8, 4) is 11.1 Å². The second kappa shape index (κ2) is 6.97. The molecule has 0 bridgehead atoms. The van der Waals surface area contributed by atoms with Crippen molar-refractivity contribution in [2.24, 2.45) is 0 Å². The van der Waals surface area contributed by atoms with E-state index in [1.807, 2.05) is 18.5 Å². The summed E-state index contributed by atoms with van der Waals surface area (Å²) in [6, 6.07) is 21.5. The molecule has 2 N–H and O–H groups in total. The normalized spacial score (nSPS) is 20.0. The molecular formula is C23H22N4. The fourth-order valence-electron chi connectivity index (χ4n) is 4.05. The van der Waals surface area contributed by atoms with Crippen LogP contribution in [0.15, 0.2) is 73.1 Å². The number of benzene rings is 2.